The fourth-order valence-electron chi connectivity index (χ4n) is 3.42. The van der Waals surface area contributed by atoms with Gasteiger partial charge in [-0.2, -0.15) is 0 Å². The highest BCUT2D eigenvalue weighted by atomic mass is 32.2. The first-order valence-electron chi connectivity index (χ1n) is 10.3. The van der Waals surface area contributed by atoms with Gasteiger partial charge in [-0.1, -0.05) is 60.3 Å². The molecule has 0 spiro atoms. The van der Waals surface area contributed by atoms with E-state index in [9.17, 15) is 4.79 Å². The minimum absolute atomic E-state index is 0.190. The second-order valence-corrected chi connectivity index (χ2v) is 8.33. The van der Waals surface area contributed by atoms with Crippen LogP contribution in [-0.2, 0) is 4.79 Å². The van der Waals surface area contributed by atoms with E-state index in [-0.39, 0.29) is 5.91 Å². The summed E-state index contributed by atoms with van der Waals surface area (Å²) in [5.41, 5.74) is 3.28. The molecule has 1 N–H and O–H groups in total. The van der Waals surface area contributed by atoms with Gasteiger partial charge >= 0.3 is 0 Å². The van der Waals surface area contributed by atoms with Crippen LogP contribution < -0.4 is 14.8 Å². The van der Waals surface area contributed by atoms with Crippen molar-refractivity contribution in [2.24, 2.45) is 0 Å². The highest BCUT2D eigenvalue weighted by Crippen LogP contribution is 2.38. The lowest BCUT2D eigenvalue weighted by Gasteiger charge is -2.19. The van der Waals surface area contributed by atoms with Gasteiger partial charge in [0.15, 0.2) is 5.16 Å². The maximum Gasteiger partial charge on any atom is 0.242 e. The number of carbonyl (C=O) groups is 1. The number of hydrogen-bond donors (Lipinski definition) is 1. The number of nitrogens with one attached hydrogen (secondary N) is 1. The SMILES string of the molecule is COc1ccc(C)cc1NC(=O)C(Sc1nncn1-c1ccccc1OC)c1ccccc1. The Morgan fingerprint density at radius 2 is 1.70 bits per heavy atom. The molecule has 1 aromatic heterocycles. The van der Waals surface area contributed by atoms with E-state index in [0.29, 0.717) is 22.3 Å². The van der Waals surface area contributed by atoms with Crippen LogP contribution in [0.2, 0.25) is 0 Å². The topological polar surface area (TPSA) is 78.3 Å². The normalized spacial score (nSPS) is 11.6. The Hall–Kier alpha value is -3.78. The molecule has 3 aromatic carbocycles. The molecule has 1 atom stereocenters. The van der Waals surface area contributed by atoms with E-state index in [1.165, 1.54) is 11.8 Å². The van der Waals surface area contributed by atoms with E-state index < -0.39 is 5.25 Å². The van der Waals surface area contributed by atoms with Gasteiger partial charge in [0, 0.05) is 0 Å². The van der Waals surface area contributed by atoms with Gasteiger partial charge in [-0.15, -0.1) is 10.2 Å². The summed E-state index contributed by atoms with van der Waals surface area (Å²) in [6, 6.07) is 22.9. The van der Waals surface area contributed by atoms with Crippen LogP contribution in [0.3, 0.4) is 0 Å². The molecule has 1 heterocycles. The number of nitrogens with zero attached hydrogens (tertiary/aromatic N) is 3. The zero-order valence-corrected chi connectivity index (χ0v) is 19.4. The molecule has 168 valence electrons. The number of benzene rings is 3. The predicted molar refractivity (Wildman–Crippen MR) is 129 cm³/mol. The number of thioether (sulfide) groups is 1. The van der Waals surface area contributed by atoms with Gasteiger partial charge in [-0.05, 0) is 42.3 Å². The maximum absolute atomic E-state index is 13.5. The Morgan fingerprint density at radius 3 is 2.45 bits per heavy atom. The summed E-state index contributed by atoms with van der Waals surface area (Å²) in [6.07, 6.45) is 1.61. The lowest BCUT2D eigenvalue weighted by molar-refractivity contribution is -0.115. The number of aromatic nitrogens is 3. The van der Waals surface area contributed by atoms with Crippen LogP contribution in [0, 0.1) is 6.92 Å². The highest BCUT2D eigenvalue weighted by Gasteiger charge is 2.26. The van der Waals surface area contributed by atoms with Crippen LogP contribution in [0.1, 0.15) is 16.4 Å². The van der Waals surface area contributed by atoms with Crippen molar-refractivity contribution in [3.63, 3.8) is 0 Å². The van der Waals surface area contributed by atoms with Crippen LogP contribution in [0.25, 0.3) is 5.69 Å². The average molecular weight is 461 g/mol. The van der Waals surface area contributed by atoms with Gasteiger partial charge in [-0.3, -0.25) is 9.36 Å². The molecule has 1 amide bonds. The smallest absolute Gasteiger partial charge is 0.242 e. The molecule has 0 aliphatic rings. The summed E-state index contributed by atoms with van der Waals surface area (Å²) in [7, 11) is 3.20. The summed E-state index contributed by atoms with van der Waals surface area (Å²) < 4.78 is 12.8. The van der Waals surface area contributed by atoms with Gasteiger partial charge in [0.2, 0.25) is 5.91 Å². The summed E-state index contributed by atoms with van der Waals surface area (Å²) in [5, 5.41) is 11.4. The number of anilines is 1. The van der Waals surface area contributed by atoms with Crippen LogP contribution in [-0.4, -0.2) is 34.9 Å². The third-order valence-corrected chi connectivity index (χ3v) is 6.25. The largest absolute Gasteiger partial charge is 0.495 e. The monoisotopic (exact) mass is 460 g/mol. The Bertz CT molecular complexity index is 1240. The molecule has 0 radical (unpaired) electrons. The molecular weight excluding hydrogens is 436 g/mol. The van der Waals surface area contributed by atoms with Crippen molar-refractivity contribution < 1.29 is 14.3 Å². The van der Waals surface area contributed by atoms with Crippen LogP contribution in [0.5, 0.6) is 11.5 Å². The molecule has 7 nitrogen and oxygen atoms in total. The van der Waals surface area contributed by atoms with Gasteiger partial charge in [0.05, 0.1) is 25.6 Å². The van der Waals surface area contributed by atoms with Crippen molar-refractivity contribution in [3.05, 3.63) is 90.3 Å². The van der Waals surface area contributed by atoms with Crippen LogP contribution >= 0.6 is 11.8 Å². The van der Waals surface area contributed by atoms with E-state index in [4.69, 9.17) is 9.47 Å². The van der Waals surface area contributed by atoms with E-state index >= 15 is 0 Å². The molecule has 0 saturated heterocycles. The molecule has 0 saturated carbocycles. The molecule has 8 heteroatoms. The van der Waals surface area contributed by atoms with Gasteiger partial charge in [-0.25, -0.2) is 0 Å². The first-order chi connectivity index (χ1) is 16.1. The summed E-state index contributed by atoms with van der Waals surface area (Å²) in [5.74, 6) is 1.09. The quantitative estimate of drug-likeness (QED) is 0.370. The number of ether oxygens (including phenoxy) is 2. The Morgan fingerprint density at radius 1 is 0.970 bits per heavy atom. The molecule has 4 rings (SSSR count). The molecule has 0 fully saturated rings. The van der Waals surface area contributed by atoms with Gasteiger partial charge in [0.1, 0.15) is 23.1 Å². The van der Waals surface area contributed by atoms with Gasteiger partial charge in [0.25, 0.3) is 0 Å². The minimum atomic E-state index is -0.575. The molecule has 33 heavy (non-hydrogen) atoms. The van der Waals surface area contributed by atoms with E-state index in [1.54, 1.807) is 20.5 Å². The number of aryl methyl sites for hydroxylation is 1. The lowest BCUT2D eigenvalue weighted by atomic mass is 10.1. The molecular formula is C25H24N4O3S. The van der Waals surface area contributed by atoms with Crippen LogP contribution in [0.15, 0.2) is 84.3 Å². The van der Waals surface area contributed by atoms with Crippen molar-refractivity contribution in [1.29, 1.82) is 0 Å². The Kier molecular flexibility index (Phi) is 6.95. The Labute approximate surface area is 196 Å². The molecule has 0 aliphatic carbocycles. The number of para-hydroxylation sites is 2. The van der Waals surface area contributed by atoms with E-state index in [0.717, 1.165) is 16.8 Å². The molecule has 0 bridgehead atoms. The van der Waals surface area contributed by atoms with Crippen molar-refractivity contribution in [2.45, 2.75) is 17.3 Å². The summed E-state index contributed by atoms with van der Waals surface area (Å²) in [4.78, 5) is 13.5. The number of hydrogen-bond acceptors (Lipinski definition) is 6. The van der Waals surface area contributed by atoms with Gasteiger partial charge < -0.3 is 14.8 Å². The number of carbonyl (C=O) groups excluding carboxylic acids is 1. The number of rotatable bonds is 8. The number of amides is 1. The second kappa shape index (κ2) is 10.2. The lowest BCUT2D eigenvalue weighted by Crippen LogP contribution is -2.20. The van der Waals surface area contributed by atoms with Crippen molar-refractivity contribution in [2.75, 3.05) is 19.5 Å². The fraction of sp³-hybridized carbons (Fsp3) is 0.160. The number of methoxy groups -OCH3 is 2. The molecule has 0 aliphatic heterocycles. The predicted octanol–water partition coefficient (Wildman–Crippen LogP) is 5.07. The molecule has 4 aromatic rings. The van der Waals surface area contributed by atoms with Crippen molar-refractivity contribution >= 4 is 23.4 Å². The zero-order chi connectivity index (χ0) is 23.2. The van der Waals surface area contributed by atoms with Crippen molar-refractivity contribution in [1.82, 2.24) is 14.8 Å². The highest BCUT2D eigenvalue weighted by molar-refractivity contribution is 8.00. The van der Waals surface area contributed by atoms with Crippen molar-refractivity contribution in [3.8, 4) is 17.2 Å². The molecule has 1 unspecified atom stereocenters. The Balaban J connectivity index is 1.69. The van der Waals surface area contributed by atoms with Crippen LogP contribution in [0.4, 0.5) is 5.69 Å². The third-order valence-electron chi connectivity index (χ3n) is 5.04. The standard InChI is InChI=1S/C25H24N4O3S/c1-17-13-14-21(31-2)19(15-17)27-24(30)23(18-9-5-4-6-10-18)33-25-28-26-16-29(25)20-11-7-8-12-22(20)32-3/h4-16,23H,1-3H3,(H,27,30). The zero-order valence-electron chi connectivity index (χ0n) is 18.6. The minimum Gasteiger partial charge on any atom is -0.495 e. The average Bonchev–Trinajstić information content (AvgIpc) is 3.31. The maximum atomic E-state index is 13.5. The van der Waals surface area contributed by atoms with E-state index in [1.807, 2.05) is 84.3 Å². The second-order valence-electron chi connectivity index (χ2n) is 7.26. The van der Waals surface area contributed by atoms with E-state index in [2.05, 4.69) is 15.5 Å². The summed E-state index contributed by atoms with van der Waals surface area (Å²) >= 11 is 1.32. The fourth-order valence-corrected chi connectivity index (χ4v) is 4.45. The first-order valence-corrected chi connectivity index (χ1v) is 11.2. The first kappa shape index (κ1) is 22.4. The third kappa shape index (κ3) is 5.01. The summed E-state index contributed by atoms with van der Waals surface area (Å²) in [6.45, 7) is 1.97.